The first-order chi connectivity index (χ1) is 16.6. The maximum atomic E-state index is 12.4. The Bertz CT molecular complexity index is 1330. The third-order valence-electron chi connectivity index (χ3n) is 6.55. The molecule has 1 amide bonds. The summed E-state index contributed by atoms with van der Waals surface area (Å²) in [5, 5.41) is 8.66. The Labute approximate surface area is 197 Å². The van der Waals surface area contributed by atoms with Gasteiger partial charge in [0.15, 0.2) is 5.82 Å². The van der Waals surface area contributed by atoms with Gasteiger partial charge in [0.1, 0.15) is 0 Å². The normalized spacial score (nSPS) is 16.3. The molecule has 1 aromatic carbocycles. The van der Waals surface area contributed by atoms with Crippen molar-refractivity contribution in [2.24, 2.45) is 12.5 Å². The summed E-state index contributed by atoms with van der Waals surface area (Å²) >= 11 is 0. The number of hydrogen-bond acceptors (Lipinski definition) is 6. The van der Waals surface area contributed by atoms with Crippen LogP contribution in [0.25, 0.3) is 33.6 Å². The number of rotatable bonds is 6. The summed E-state index contributed by atoms with van der Waals surface area (Å²) < 4.78 is 8.87. The van der Waals surface area contributed by atoms with Crippen molar-refractivity contribution in [1.29, 1.82) is 0 Å². The highest BCUT2D eigenvalue weighted by atomic mass is 16.5. The van der Waals surface area contributed by atoms with Crippen LogP contribution in [0.4, 0.5) is 0 Å². The highest BCUT2D eigenvalue weighted by Gasteiger charge is 2.50. The quantitative estimate of drug-likeness (QED) is 0.444. The van der Waals surface area contributed by atoms with Gasteiger partial charge < -0.3 is 9.64 Å². The second kappa shape index (κ2) is 8.18. The van der Waals surface area contributed by atoms with Crippen molar-refractivity contribution in [2.75, 3.05) is 26.3 Å². The molecule has 2 aliphatic rings. The third kappa shape index (κ3) is 3.88. The summed E-state index contributed by atoms with van der Waals surface area (Å²) in [5.74, 6) is 0.840. The molecule has 34 heavy (non-hydrogen) atoms. The van der Waals surface area contributed by atoms with Gasteiger partial charge >= 0.3 is 0 Å². The van der Waals surface area contributed by atoms with E-state index in [4.69, 9.17) is 4.74 Å². The monoisotopic (exact) mass is 455 g/mol. The fraction of sp³-hybridized carbons (Fsp3) is 0.320. The SMILES string of the molecule is Cn1cc(-c2cccc(-c3ncc(-c4cnn(CCC(=O)N5CC6(COC6)C5)c4)cn3)c2)cn1. The summed E-state index contributed by atoms with van der Waals surface area (Å²) in [4.78, 5) is 23.5. The van der Waals surface area contributed by atoms with Crippen LogP contribution in [0.1, 0.15) is 6.42 Å². The van der Waals surface area contributed by atoms with Gasteiger partial charge in [-0.15, -0.1) is 0 Å². The molecular weight excluding hydrogens is 430 g/mol. The zero-order chi connectivity index (χ0) is 23.1. The molecule has 3 aromatic heterocycles. The van der Waals surface area contributed by atoms with Gasteiger partial charge in [-0.05, 0) is 11.6 Å². The van der Waals surface area contributed by atoms with Gasteiger partial charge in [0.2, 0.25) is 5.91 Å². The fourth-order valence-electron chi connectivity index (χ4n) is 4.55. The molecule has 0 bridgehead atoms. The van der Waals surface area contributed by atoms with Crippen LogP contribution in [-0.2, 0) is 23.1 Å². The van der Waals surface area contributed by atoms with E-state index in [1.165, 1.54) is 0 Å². The molecule has 0 unspecified atom stereocenters. The van der Waals surface area contributed by atoms with E-state index >= 15 is 0 Å². The molecule has 172 valence electrons. The van der Waals surface area contributed by atoms with E-state index < -0.39 is 0 Å². The number of amides is 1. The van der Waals surface area contributed by atoms with Crippen LogP contribution in [0, 0.1) is 5.41 Å². The first-order valence-electron chi connectivity index (χ1n) is 11.4. The molecule has 2 aliphatic heterocycles. The van der Waals surface area contributed by atoms with Gasteiger partial charge in [-0.1, -0.05) is 18.2 Å². The Morgan fingerprint density at radius 1 is 0.941 bits per heavy atom. The van der Waals surface area contributed by atoms with Gasteiger partial charge in [0, 0.05) is 80.1 Å². The van der Waals surface area contributed by atoms with Crippen LogP contribution in [0.3, 0.4) is 0 Å². The maximum Gasteiger partial charge on any atom is 0.224 e. The van der Waals surface area contributed by atoms with Crippen molar-refractivity contribution < 1.29 is 9.53 Å². The minimum Gasteiger partial charge on any atom is -0.380 e. The van der Waals surface area contributed by atoms with Crippen molar-refractivity contribution in [3.05, 3.63) is 61.4 Å². The summed E-state index contributed by atoms with van der Waals surface area (Å²) in [5.41, 5.74) is 5.14. The molecule has 0 N–H and O–H groups in total. The molecule has 0 aliphatic carbocycles. The lowest BCUT2D eigenvalue weighted by atomic mass is 9.78. The van der Waals surface area contributed by atoms with Crippen molar-refractivity contribution in [3.8, 4) is 33.6 Å². The van der Waals surface area contributed by atoms with Crippen molar-refractivity contribution in [1.82, 2.24) is 34.4 Å². The number of aromatic nitrogens is 6. The van der Waals surface area contributed by atoms with Gasteiger partial charge in [0.05, 0.1) is 31.0 Å². The Balaban J connectivity index is 1.09. The van der Waals surface area contributed by atoms with E-state index in [-0.39, 0.29) is 11.3 Å². The second-order valence-electron chi connectivity index (χ2n) is 9.26. The van der Waals surface area contributed by atoms with Crippen LogP contribution in [0.2, 0.25) is 0 Å². The van der Waals surface area contributed by atoms with E-state index in [0.29, 0.717) is 18.8 Å². The topological polar surface area (TPSA) is 91.0 Å². The van der Waals surface area contributed by atoms with Crippen molar-refractivity contribution in [3.63, 3.8) is 0 Å². The molecule has 0 atom stereocenters. The molecule has 0 radical (unpaired) electrons. The summed E-state index contributed by atoms with van der Waals surface area (Å²) in [7, 11) is 1.90. The zero-order valence-electron chi connectivity index (χ0n) is 19.0. The average molecular weight is 456 g/mol. The zero-order valence-corrected chi connectivity index (χ0v) is 19.0. The molecule has 5 heterocycles. The second-order valence-corrected chi connectivity index (χ2v) is 9.26. The highest BCUT2D eigenvalue weighted by molar-refractivity contribution is 5.77. The van der Waals surface area contributed by atoms with Gasteiger partial charge in [-0.25, -0.2) is 9.97 Å². The van der Waals surface area contributed by atoms with Gasteiger partial charge in [-0.2, -0.15) is 10.2 Å². The molecule has 9 heteroatoms. The number of carbonyl (C=O) groups is 1. The summed E-state index contributed by atoms with van der Waals surface area (Å²) in [6.45, 7) is 3.78. The van der Waals surface area contributed by atoms with Crippen LogP contribution in [-0.4, -0.2) is 66.6 Å². The van der Waals surface area contributed by atoms with E-state index in [1.807, 2.05) is 55.1 Å². The van der Waals surface area contributed by atoms with E-state index in [0.717, 1.165) is 54.1 Å². The lowest BCUT2D eigenvalue weighted by molar-refractivity contribution is -0.195. The number of carbonyl (C=O) groups excluding carboxylic acids is 1. The minimum absolute atomic E-state index is 0.177. The predicted octanol–water partition coefficient (Wildman–Crippen LogP) is 2.66. The number of nitrogens with zero attached hydrogens (tertiary/aromatic N) is 7. The summed E-state index contributed by atoms with van der Waals surface area (Å²) in [6, 6.07) is 8.12. The van der Waals surface area contributed by atoms with E-state index in [2.05, 4.69) is 32.3 Å². The Morgan fingerprint density at radius 2 is 1.68 bits per heavy atom. The Morgan fingerprint density at radius 3 is 2.38 bits per heavy atom. The maximum absolute atomic E-state index is 12.4. The van der Waals surface area contributed by atoms with E-state index in [1.54, 1.807) is 15.6 Å². The first-order valence-corrected chi connectivity index (χ1v) is 11.4. The molecule has 1 spiro atoms. The first kappa shape index (κ1) is 20.7. The molecule has 4 aromatic rings. The number of likely N-dealkylation sites (tertiary alicyclic amines) is 1. The summed E-state index contributed by atoms with van der Waals surface area (Å²) in [6.07, 6.45) is 11.6. The molecule has 0 saturated carbocycles. The number of ether oxygens (including phenoxy) is 1. The smallest absolute Gasteiger partial charge is 0.224 e. The number of aryl methyl sites for hydroxylation is 2. The van der Waals surface area contributed by atoms with Crippen LogP contribution in [0.15, 0.2) is 61.4 Å². The third-order valence-corrected chi connectivity index (χ3v) is 6.55. The number of hydrogen-bond donors (Lipinski definition) is 0. The van der Waals surface area contributed by atoms with Gasteiger partial charge in [0.25, 0.3) is 0 Å². The molecule has 6 rings (SSSR count). The molecule has 9 nitrogen and oxygen atoms in total. The predicted molar refractivity (Wildman–Crippen MR) is 125 cm³/mol. The lowest BCUT2D eigenvalue weighted by Crippen LogP contribution is -2.67. The van der Waals surface area contributed by atoms with Crippen LogP contribution < -0.4 is 0 Å². The minimum atomic E-state index is 0.177. The number of benzene rings is 1. The molecule has 2 fully saturated rings. The van der Waals surface area contributed by atoms with E-state index in [9.17, 15) is 4.79 Å². The Hall–Kier alpha value is -3.85. The standard InChI is InChI=1S/C25H25N7O2/c1-30-12-21(10-28-30)18-3-2-4-19(7-18)24-26-8-20(9-27-24)22-11-29-32(13-22)6-5-23(33)31-14-25(15-31)16-34-17-25/h2-4,7-13H,5-6,14-17H2,1H3. The van der Waals surface area contributed by atoms with Gasteiger partial charge in [-0.3, -0.25) is 14.2 Å². The largest absolute Gasteiger partial charge is 0.380 e. The lowest BCUT2D eigenvalue weighted by Gasteiger charge is -2.55. The van der Waals surface area contributed by atoms with Crippen molar-refractivity contribution in [2.45, 2.75) is 13.0 Å². The highest BCUT2D eigenvalue weighted by Crippen LogP contribution is 2.37. The Kier molecular flexibility index (Phi) is 4.99. The fourth-order valence-corrected chi connectivity index (χ4v) is 4.55. The van der Waals surface area contributed by atoms with Crippen molar-refractivity contribution >= 4 is 5.91 Å². The van der Waals surface area contributed by atoms with Crippen LogP contribution >= 0.6 is 0 Å². The molecule has 2 saturated heterocycles. The average Bonchev–Trinajstić information content (AvgIpc) is 3.45. The molecular formula is C25H25N7O2. The van der Waals surface area contributed by atoms with Crippen LogP contribution in [0.5, 0.6) is 0 Å².